The molecule has 19 heavy (non-hydrogen) atoms. The standard InChI is InChI=1S/C16H28O2Si/c1-16(2,3)19(4,5)18-13-15(12-17)11-14-9-7-6-8-10-14/h6-10,15,17H,11-13H2,1-5H3/t15-/m0/s1. The van der Waals surface area contributed by atoms with Gasteiger partial charge in [-0.15, -0.1) is 0 Å². The Morgan fingerprint density at radius 1 is 1.16 bits per heavy atom. The summed E-state index contributed by atoms with van der Waals surface area (Å²) < 4.78 is 6.20. The number of benzene rings is 1. The quantitative estimate of drug-likeness (QED) is 0.802. The third kappa shape index (κ3) is 5.09. The van der Waals surface area contributed by atoms with Crippen LogP contribution in [0.5, 0.6) is 0 Å². The van der Waals surface area contributed by atoms with Crippen LogP contribution in [-0.4, -0.2) is 26.6 Å². The van der Waals surface area contributed by atoms with Gasteiger partial charge in [-0.1, -0.05) is 51.1 Å². The predicted octanol–water partition coefficient (Wildman–Crippen LogP) is 3.86. The second kappa shape index (κ2) is 6.68. The van der Waals surface area contributed by atoms with Crippen molar-refractivity contribution < 1.29 is 9.53 Å². The van der Waals surface area contributed by atoms with E-state index in [2.05, 4.69) is 46.0 Å². The molecule has 1 N–H and O–H groups in total. The van der Waals surface area contributed by atoms with Gasteiger partial charge >= 0.3 is 0 Å². The van der Waals surface area contributed by atoms with Crippen molar-refractivity contribution in [3.8, 4) is 0 Å². The van der Waals surface area contributed by atoms with Gasteiger partial charge in [0.25, 0.3) is 0 Å². The van der Waals surface area contributed by atoms with Crippen LogP contribution < -0.4 is 0 Å². The lowest BCUT2D eigenvalue weighted by molar-refractivity contribution is 0.153. The van der Waals surface area contributed by atoms with Crippen LogP contribution in [0.4, 0.5) is 0 Å². The Morgan fingerprint density at radius 3 is 2.21 bits per heavy atom. The van der Waals surface area contributed by atoms with Crippen molar-refractivity contribution in [2.45, 2.75) is 45.3 Å². The van der Waals surface area contributed by atoms with Crippen molar-refractivity contribution >= 4 is 8.32 Å². The third-order valence-electron chi connectivity index (χ3n) is 4.11. The minimum atomic E-state index is -1.71. The molecule has 1 rings (SSSR count). The Labute approximate surface area is 118 Å². The first kappa shape index (κ1) is 16.4. The van der Waals surface area contributed by atoms with Crippen molar-refractivity contribution in [1.29, 1.82) is 0 Å². The fraction of sp³-hybridized carbons (Fsp3) is 0.625. The Morgan fingerprint density at radius 2 is 1.74 bits per heavy atom. The second-order valence-electron chi connectivity index (χ2n) is 6.81. The lowest BCUT2D eigenvalue weighted by Gasteiger charge is -2.37. The van der Waals surface area contributed by atoms with Crippen LogP contribution in [0.2, 0.25) is 18.1 Å². The van der Waals surface area contributed by atoms with E-state index >= 15 is 0 Å². The topological polar surface area (TPSA) is 29.5 Å². The van der Waals surface area contributed by atoms with Gasteiger partial charge in [0.2, 0.25) is 0 Å². The highest BCUT2D eigenvalue weighted by atomic mass is 28.4. The van der Waals surface area contributed by atoms with Crippen LogP contribution >= 0.6 is 0 Å². The molecule has 3 heteroatoms. The first-order chi connectivity index (χ1) is 8.76. The Balaban J connectivity index is 2.54. The van der Waals surface area contributed by atoms with Crippen LogP contribution in [0.25, 0.3) is 0 Å². The van der Waals surface area contributed by atoms with E-state index in [0.717, 1.165) is 6.42 Å². The van der Waals surface area contributed by atoms with Gasteiger partial charge in [-0.25, -0.2) is 0 Å². The van der Waals surface area contributed by atoms with Gasteiger partial charge in [0.05, 0.1) is 0 Å². The number of aliphatic hydroxyl groups is 1. The SMILES string of the molecule is CC(C)(C)[Si](C)(C)OC[C@H](CO)Cc1ccccc1. The van der Waals surface area contributed by atoms with Crippen molar-refractivity contribution in [3.63, 3.8) is 0 Å². The van der Waals surface area contributed by atoms with Crippen molar-refractivity contribution in [2.24, 2.45) is 5.92 Å². The van der Waals surface area contributed by atoms with E-state index in [9.17, 15) is 5.11 Å². The molecule has 0 heterocycles. The van der Waals surface area contributed by atoms with E-state index in [1.54, 1.807) is 0 Å². The van der Waals surface area contributed by atoms with Crippen LogP contribution in [0.3, 0.4) is 0 Å². The average molecular weight is 280 g/mol. The zero-order valence-corrected chi connectivity index (χ0v) is 13.9. The smallest absolute Gasteiger partial charge is 0.191 e. The Kier molecular flexibility index (Phi) is 5.77. The van der Waals surface area contributed by atoms with E-state index in [-0.39, 0.29) is 17.6 Å². The summed E-state index contributed by atoms with van der Waals surface area (Å²) in [6.07, 6.45) is 0.881. The molecule has 0 aliphatic heterocycles. The Hall–Kier alpha value is -0.643. The summed E-state index contributed by atoms with van der Waals surface area (Å²) in [5.74, 6) is 0.191. The molecule has 0 aromatic heterocycles. The van der Waals surface area contributed by atoms with E-state index in [1.165, 1.54) is 5.56 Å². The minimum absolute atomic E-state index is 0.184. The highest BCUT2D eigenvalue weighted by Crippen LogP contribution is 2.36. The van der Waals surface area contributed by atoms with Gasteiger partial charge in [0.1, 0.15) is 0 Å². The summed E-state index contributed by atoms with van der Waals surface area (Å²) in [4.78, 5) is 0. The van der Waals surface area contributed by atoms with Crippen LogP contribution in [0.1, 0.15) is 26.3 Å². The zero-order valence-electron chi connectivity index (χ0n) is 12.9. The molecule has 0 radical (unpaired) electrons. The Bertz CT molecular complexity index is 368. The van der Waals surface area contributed by atoms with Gasteiger partial charge in [0, 0.05) is 19.1 Å². The average Bonchev–Trinajstić information content (AvgIpc) is 2.34. The van der Waals surface area contributed by atoms with Crippen LogP contribution in [0.15, 0.2) is 30.3 Å². The first-order valence-corrected chi connectivity index (χ1v) is 9.96. The van der Waals surface area contributed by atoms with Crippen LogP contribution in [0, 0.1) is 5.92 Å². The van der Waals surface area contributed by atoms with Crippen molar-refractivity contribution in [2.75, 3.05) is 13.2 Å². The largest absolute Gasteiger partial charge is 0.416 e. The molecule has 0 bridgehead atoms. The number of aliphatic hydroxyl groups excluding tert-OH is 1. The molecule has 0 fully saturated rings. The third-order valence-corrected chi connectivity index (χ3v) is 8.61. The molecule has 0 aliphatic rings. The molecule has 1 aromatic rings. The molecule has 0 amide bonds. The summed E-state index contributed by atoms with van der Waals surface area (Å²) in [6, 6.07) is 10.3. The molecule has 1 aromatic carbocycles. The fourth-order valence-electron chi connectivity index (χ4n) is 1.67. The lowest BCUT2D eigenvalue weighted by Crippen LogP contribution is -2.42. The van der Waals surface area contributed by atoms with Gasteiger partial charge in [-0.3, -0.25) is 0 Å². The van der Waals surface area contributed by atoms with E-state index in [4.69, 9.17) is 4.43 Å². The zero-order chi connectivity index (χ0) is 14.5. The molecule has 0 spiro atoms. The maximum absolute atomic E-state index is 9.52. The number of rotatable bonds is 6. The molecule has 2 nitrogen and oxygen atoms in total. The summed E-state index contributed by atoms with van der Waals surface area (Å²) in [6.45, 7) is 12.1. The summed E-state index contributed by atoms with van der Waals surface area (Å²) >= 11 is 0. The normalized spacial score (nSPS) is 14.4. The lowest BCUT2D eigenvalue weighted by atomic mass is 10.0. The maximum Gasteiger partial charge on any atom is 0.191 e. The first-order valence-electron chi connectivity index (χ1n) is 7.05. The molecular weight excluding hydrogens is 252 g/mol. The van der Waals surface area contributed by atoms with Gasteiger partial charge in [-0.05, 0) is 30.1 Å². The highest BCUT2D eigenvalue weighted by Gasteiger charge is 2.37. The predicted molar refractivity (Wildman–Crippen MR) is 83.9 cm³/mol. The van der Waals surface area contributed by atoms with E-state index < -0.39 is 8.32 Å². The summed E-state index contributed by atoms with van der Waals surface area (Å²) in [7, 11) is -1.71. The molecule has 0 saturated carbocycles. The molecule has 1 atom stereocenters. The highest BCUT2D eigenvalue weighted by molar-refractivity contribution is 6.74. The fourth-order valence-corrected chi connectivity index (χ4v) is 2.75. The van der Waals surface area contributed by atoms with E-state index in [1.807, 2.05) is 18.2 Å². The maximum atomic E-state index is 9.52. The van der Waals surface area contributed by atoms with Crippen molar-refractivity contribution in [3.05, 3.63) is 35.9 Å². The monoisotopic (exact) mass is 280 g/mol. The van der Waals surface area contributed by atoms with Gasteiger partial charge < -0.3 is 9.53 Å². The van der Waals surface area contributed by atoms with Crippen molar-refractivity contribution in [1.82, 2.24) is 0 Å². The molecule has 0 aliphatic carbocycles. The number of hydrogen-bond donors (Lipinski definition) is 1. The number of hydrogen-bond acceptors (Lipinski definition) is 2. The van der Waals surface area contributed by atoms with E-state index in [0.29, 0.717) is 6.61 Å². The molecule has 0 saturated heterocycles. The summed E-state index contributed by atoms with van der Waals surface area (Å²) in [5.41, 5.74) is 1.26. The molecule has 108 valence electrons. The second-order valence-corrected chi connectivity index (χ2v) is 11.6. The van der Waals surface area contributed by atoms with Crippen LogP contribution in [-0.2, 0) is 10.8 Å². The molecule has 0 unspecified atom stereocenters. The van der Waals surface area contributed by atoms with Gasteiger partial charge in [-0.2, -0.15) is 0 Å². The molecular formula is C16H28O2Si. The van der Waals surface area contributed by atoms with Gasteiger partial charge in [0.15, 0.2) is 8.32 Å². The minimum Gasteiger partial charge on any atom is -0.416 e. The summed E-state index contributed by atoms with van der Waals surface area (Å²) in [5, 5.41) is 9.74.